The number of thiazole rings is 1. The second-order valence-electron chi connectivity index (χ2n) is 5.46. The number of aromatic nitrogens is 2. The van der Waals surface area contributed by atoms with Crippen molar-refractivity contribution in [2.45, 2.75) is 20.4 Å². The van der Waals surface area contributed by atoms with E-state index >= 15 is 0 Å². The van der Waals surface area contributed by atoms with Gasteiger partial charge in [-0.2, -0.15) is 0 Å². The van der Waals surface area contributed by atoms with Crippen LogP contribution in [0.4, 0.5) is 11.5 Å². The third-order valence-electron chi connectivity index (χ3n) is 3.90. The highest BCUT2D eigenvalue weighted by Gasteiger charge is 2.19. The molecule has 0 saturated carbocycles. The Labute approximate surface area is 129 Å². The summed E-state index contributed by atoms with van der Waals surface area (Å²) in [6, 6.07) is 3.91. The first-order chi connectivity index (χ1) is 10.1. The monoisotopic (exact) mass is 303 g/mol. The van der Waals surface area contributed by atoms with E-state index in [0.717, 1.165) is 38.5 Å². The van der Waals surface area contributed by atoms with Gasteiger partial charge >= 0.3 is 0 Å². The molecule has 0 spiro atoms. The van der Waals surface area contributed by atoms with E-state index in [1.807, 2.05) is 23.5 Å². The van der Waals surface area contributed by atoms with E-state index in [4.69, 9.17) is 5.73 Å². The van der Waals surface area contributed by atoms with Crippen molar-refractivity contribution in [1.82, 2.24) is 14.9 Å². The fourth-order valence-corrected chi connectivity index (χ4v) is 3.49. The third kappa shape index (κ3) is 3.33. The molecule has 2 N–H and O–H groups in total. The molecule has 0 atom stereocenters. The van der Waals surface area contributed by atoms with Crippen molar-refractivity contribution in [1.29, 1.82) is 0 Å². The molecule has 0 unspecified atom stereocenters. The molecule has 6 heteroatoms. The van der Waals surface area contributed by atoms with E-state index in [9.17, 15) is 0 Å². The molecule has 2 aromatic heterocycles. The van der Waals surface area contributed by atoms with Crippen LogP contribution in [-0.2, 0) is 6.54 Å². The van der Waals surface area contributed by atoms with Gasteiger partial charge in [-0.15, -0.1) is 11.3 Å². The number of nitrogens with two attached hydrogens (primary N) is 1. The van der Waals surface area contributed by atoms with Gasteiger partial charge in [0, 0.05) is 31.1 Å². The smallest absolute Gasteiger partial charge is 0.128 e. The minimum absolute atomic E-state index is 0.715. The van der Waals surface area contributed by atoms with Gasteiger partial charge in [-0.25, -0.2) is 9.97 Å². The number of hydrogen-bond acceptors (Lipinski definition) is 6. The molecule has 1 saturated heterocycles. The number of aryl methyl sites for hydroxylation is 2. The van der Waals surface area contributed by atoms with E-state index < -0.39 is 0 Å². The van der Waals surface area contributed by atoms with Crippen molar-refractivity contribution in [3.05, 3.63) is 33.9 Å². The van der Waals surface area contributed by atoms with Crippen molar-refractivity contribution >= 4 is 22.8 Å². The lowest BCUT2D eigenvalue weighted by Gasteiger charge is -2.34. The van der Waals surface area contributed by atoms with E-state index in [2.05, 4.69) is 33.6 Å². The van der Waals surface area contributed by atoms with E-state index in [1.165, 1.54) is 15.6 Å². The zero-order valence-corrected chi connectivity index (χ0v) is 13.4. The van der Waals surface area contributed by atoms with Crippen molar-refractivity contribution in [2.75, 3.05) is 36.8 Å². The van der Waals surface area contributed by atoms with Crippen molar-refractivity contribution in [3.63, 3.8) is 0 Å². The van der Waals surface area contributed by atoms with Crippen LogP contribution in [0.15, 0.2) is 18.3 Å². The summed E-state index contributed by atoms with van der Waals surface area (Å²) in [6.45, 7) is 9.28. The highest BCUT2D eigenvalue weighted by atomic mass is 32.1. The molecule has 3 heterocycles. The number of nitrogen functional groups attached to an aromatic ring is 1. The molecule has 1 aliphatic heterocycles. The fourth-order valence-electron chi connectivity index (χ4n) is 2.52. The first kappa shape index (κ1) is 14.3. The Balaban J connectivity index is 1.56. The van der Waals surface area contributed by atoms with Crippen LogP contribution in [0.3, 0.4) is 0 Å². The summed E-state index contributed by atoms with van der Waals surface area (Å²) in [5.41, 5.74) is 7.56. The highest BCUT2D eigenvalue weighted by molar-refractivity contribution is 7.11. The van der Waals surface area contributed by atoms with Gasteiger partial charge < -0.3 is 10.6 Å². The van der Waals surface area contributed by atoms with E-state index in [-0.39, 0.29) is 0 Å². The molecular formula is C15H21N5S. The summed E-state index contributed by atoms with van der Waals surface area (Å²) in [4.78, 5) is 15.1. The molecule has 0 bridgehead atoms. The molecule has 0 aliphatic carbocycles. The third-order valence-corrected chi connectivity index (χ3v) is 4.96. The number of piperazine rings is 1. The summed E-state index contributed by atoms with van der Waals surface area (Å²) in [5.74, 6) is 1.02. The standard InChI is InChI=1S/C15H21N5S/c1-11-12(2)21-15(18-11)10-19-5-7-20(8-6-19)14-4-3-13(16)9-17-14/h3-4,9H,5-8,10,16H2,1-2H3. The first-order valence-electron chi connectivity index (χ1n) is 7.23. The summed E-state index contributed by atoms with van der Waals surface area (Å²) in [6.07, 6.45) is 1.73. The minimum Gasteiger partial charge on any atom is -0.397 e. The number of pyridine rings is 1. The molecule has 112 valence electrons. The summed E-state index contributed by atoms with van der Waals surface area (Å²) in [7, 11) is 0. The largest absolute Gasteiger partial charge is 0.397 e. The van der Waals surface area contributed by atoms with Crippen molar-refractivity contribution < 1.29 is 0 Å². The Morgan fingerprint density at radius 3 is 2.52 bits per heavy atom. The average Bonchev–Trinajstić information content (AvgIpc) is 2.79. The summed E-state index contributed by atoms with van der Waals surface area (Å²) >= 11 is 1.81. The van der Waals surface area contributed by atoms with Gasteiger partial charge in [0.2, 0.25) is 0 Å². The lowest BCUT2D eigenvalue weighted by atomic mass is 10.3. The van der Waals surface area contributed by atoms with E-state index in [0.29, 0.717) is 5.69 Å². The van der Waals surface area contributed by atoms with Crippen molar-refractivity contribution in [2.24, 2.45) is 0 Å². The molecule has 1 fully saturated rings. The van der Waals surface area contributed by atoms with Crippen LogP contribution in [-0.4, -0.2) is 41.0 Å². The SMILES string of the molecule is Cc1nc(CN2CCN(c3ccc(N)cn3)CC2)sc1C. The fraction of sp³-hybridized carbons (Fsp3) is 0.467. The van der Waals surface area contributed by atoms with Crippen LogP contribution in [0.25, 0.3) is 0 Å². The lowest BCUT2D eigenvalue weighted by molar-refractivity contribution is 0.249. The minimum atomic E-state index is 0.715. The number of anilines is 2. The predicted octanol–water partition coefficient (Wildman–Crippen LogP) is 2.06. The second-order valence-corrected chi connectivity index (χ2v) is 6.75. The molecule has 3 rings (SSSR count). The molecular weight excluding hydrogens is 282 g/mol. The molecule has 0 amide bonds. The Bertz CT molecular complexity index is 580. The number of rotatable bonds is 3. The Morgan fingerprint density at radius 1 is 1.19 bits per heavy atom. The van der Waals surface area contributed by atoms with Gasteiger partial charge in [-0.3, -0.25) is 4.90 Å². The molecule has 0 radical (unpaired) electrons. The molecule has 2 aromatic rings. The van der Waals surface area contributed by atoms with Crippen LogP contribution < -0.4 is 10.6 Å². The van der Waals surface area contributed by atoms with E-state index in [1.54, 1.807) is 6.20 Å². The molecule has 1 aliphatic rings. The van der Waals surface area contributed by atoms with Crippen LogP contribution >= 0.6 is 11.3 Å². The first-order valence-corrected chi connectivity index (χ1v) is 8.05. The van der Waals surface area contributed by atoms with Crippen LogP contribution in [0.1, 0.15) is 15.6 Å². The summed E-state index contributed by atoms with van der Waals surface area (Å²) < 4.78 is 0. The van der Waals surface area contributed by atoms with Crippen LogP contribution in [0, 0.1) is 13.8 Å². The van der Waals surface area contributed by atoms with Gasteiger partial charge in [-0.1, -0.05) is 0 Å². The molecule has 21 heavy (non-hydrogen) atoms. The molecule has 5 nitrogen and oxygen atoms in total. The maximum absolute atomic E-state index is 5.68. The van der Waals surface area contributed by atoms with Gasteiger partial charge in [-0.05, 0) is 26.0 Å². The topological polar surface area (TPSA) is 58.3 Å². The summed E-state index contributed by atoms with van der Waals surface area (Å²) in [5, 5.41) is 1.23. The number of hydrogen-bond donors (Lipinski definition) is 1. The Hall–Kier alpha value is -1.66. The maximum Gasteiger partial charge on any atom is 0.128 e. The Kier molecular flexibility index (Phi) is 4.07. The van der Waals surface area contributed by atoms with Gasteiger partial charge in [0.05, 0.1) is 24.1 Å². The highest BCUT2D eigenvalue weighted by Crippen LogP contribution is 2.20. The normalized spacial score (nSPS) is 16.4. The van der Waals surface area contributed by atoms with Crippen LogP contribution in [0.2, 0.25) is 0 Å². The second kappa shape index (κ2) is 5.99. The Morgan fingerprint density at radius 2 is 1.95 bits per heavy atom. The lowest BCUT2D eigenvalue weighted by Crippen LogP contribution is -2.46. The number of nitrogens with zero attached hydrogens (tertiary/aromatic N) is 4. The zero-order chi connectivity index (χ0) is 14.8. The van der Waals surface area contributed by atoms with Gasteiger partial charge in [0.25, 0.3) is 0 Å². The average molecular weight is 303 g/mol. The van der Waals surface area contributed by atoms with Gasteiger partial charge in [0.15, 0.2) is 0 Å². The quantitative estimate of drug-likeness (QED) is 0.940. The van der Waals surface area contributed by atoms with Crippen molar-refractivity contribution in [3.8, 4) is 0 Å². The van der Waals surface area contributed by atoms with Gasteiger partial charge in [0.1, 0.15) is 10.8 Å². The predicted molar refractivity (Wildman–Crippen MR) is 87.7 cm³/mol. The zero-order valence-electron chi connectivity index (χ0n) is 12.5. The maximum atomic E-state index is 5.68. The van der Waals surface area contributed by atoms with Crippen LogP contribution in [0.5, 0.6) is 0 Å². The molecule has 0 aromatic carbocycles.